The number of hydrogen-bond acceptors (Lipinski definition) is 2. The van der Waals surface area contributed by atoms with Gasteiger partial charge in [-0.15, -0.1) is 0 Å². The van der Waals surface area contributed by atoms with Crippen LogP contribution in [0.25, 0.3) is 0 Å². The molecule has 1 rings (SSSR count). The molecule has 1 amide bonds. The fourth-order valence-corrected chi connectivity index (χ4v) is 1.51. The normalized spacial score (nSPS) is 9.94. The minimum Gasteiger partial charge on any atom is -0.450 e. The fraction of sp³-hybridized carbons (Fsp3) is 0.364. The van der Waals surface area contributed by atoms with Crippen molar-refractivity contribution in [2.45, 2.75) is 13.3 Å². The van der Waals surface area contributed by atoms with E-state index in [0.29, 0.717) is 29.6 Å². The van der Waals surface area contributed by atoms with E-state index in [-0.39, 0.29) is 0 Å². The highest BCUT2D eigenvalue weighted by molar-refractivity contribution is 6.42. The van der Waals surface area contributed by atoms with E-state index in [1.807, 2.05) is 6.07 Å². The van der Waals surface area contributed by atoms with E-state index in [1.54, 1.807) is 19.1 Å². The highest BCUT2D eigenvalue weighted by Crippen LogP contribution is 2.22. The second kappa shape index (κ2) is 6.61. The van der Waals surface area contributed by atoms with Crippen LogP contribution in [0.1, 0.15) is 12.5 Å². The lowest BCUT2D eigenvalue weighted by atomic mass is 10.1. The van der Waals surface area contributed by atoms with Crippen molar-refractivity contribution < 1.29 is 9.53 Å². The van der Waals surface area contributed by atoms with Crippen LogP contribution in [0.15, 0.2) is 18.2 Å². The zero-order valence-electron chi connectivity index (χ0n) is 8.93. The quantitative estimate of drug-likeness (QED) is 0.904. The van der Waals surface area contributed by atoms with Gasteiger partial charge in [-0.25, -0.2) is 4.79 Å². The van der Waals surface area contributed by atoms with Crippen LogP contribution in [0.5, 0.6) is 0 Å². The van der Waals surface area contributed by atoms with Gasteiger partial charge >= 0.3 is 6.09 Å². The van der Waals surface area contributed by atoms with E-state index in [9.17, 15) is 4.79 Å². The molecule has 0 bridgehead atoms. The molecule has 3 nitrogen and oxygen atoms in total. The molecule has 0 saturated heterocycles. The average molecular weight is 262 g/mol. The molecular weight excluding hydrogens is 249 g/mol. The summed E-state index contributed by atoms with van der Waals surface area (Å²) in [6.07, 6.45) is 0.290. The molecular formula is C11H13Cl2NO2. The average Bonchev–Trinajstić information content (AvgIpc) is 2.24. The largest absolute Gasteiger partial charge is 0.450 e. The van der Waals surface area contributed by atoms with Gasteiger partial charge in [-0.2, -0.15) is 0 Å². The summed E-state index contributed by atoms with van der Waals surface area (Å²) in [7, 11) is 0. The minimum atomic E-state index is -0.400. The summed E-state index contributed by atoms with van der Waals surface area (Å²) in [5, 5.41) is 3.68. The van der Waals surface area contributed by atoms with Crippen LogP contribution in [0, 0.1) is 0 Å². The molecule has 0 heterocycles. The maximum Gasteiger partial charge on any atom is 0.407 e. The number of hydrogen-bond donors (Lipinski definition) is 1. The summed E-state index contributed by atoms with van der Waals surface area (Å²) in [4.78, 5) is 11.0. The standard InChI is InChI=1S/C11H13Cl2NO2/c1-2-16-11(15)14-6-5-8-3-4-9(12)10(13)7-8/h3-4,7H,2,5-6H2,1H3,(H,14,15). The van der Waals surface area contributed by atoms with E-state index in [0.717, 1.165) is 5.56 Å². The number of ether oxygens (including phenoxy) is 1. The molecule has 1 aromatic rings. The van der Waals surface area contributed by atoms with Crippen LogP contribution in [0.3, 0.4) is 0 Å². The Morgan fingerprint density at radius 3 is 2.75 bits per heavy atom. The molecule has 0 saturated carbocycles. The molecule has 0 aliphatic heterocycles. The van der Waals surface area contributed by atoms with Crippen molar-refractivity contribution in [1.29, 1.82) is 0 Å². The molecule has 0 atom stereocenters. The smallest absolute Gasteiger partial charge is 0.407 e. The second-order valence-electron chi connectivity index (χ2n) is 3.15. The van der Waals surface area contributed by atoms with Crippen molar-refractivity contribution in [2.75, 3.05) is 13.2 Å². The third-order valence-electron chi connectivity index (χ3n) is 1.94. The van der Waals surface area contributed by atoms with Crippen molar-refractivity contribution in [3.05, 3.63) is 33.8 Å². The van der Waals surface area contributed by atoms with Crippen LogP contribution < -0.4 is 5.32 Å². The molecule has 0 radical (unpaired) electrons. The predicted octanol–water partition coefficient (Wildman–Crippen LogP) is 3.28. The molecule has 0 fully saturated rings. The highest BCUT2D eigenvalue weighted by atomic mass is 35.5. The Balaban J connectivity index is 2.37. The lowest BCUT2D eigenvalue weighted by molar-refractivity contribution is 0.152. The van der Waals surface area contributed by atoms with Crippen molar-refractivity contribution in [1.82, 2.24) is 5.32 Å². The Bertz CT molecular complexity index is 369. The number of nitrogens with one attached hydrogen (secondary N) is 1. The first-order valence-electron chi connectivity index (χ1n) is 4.98. The van der Waals surface area contributed by atoms with Gasteiger partial charge in [-0.3, -0.25) is 0 Å². The van der Waals surface area contributed by atoms with Crippen LogP contribution in [-0.2, 0) is 11.2 Å². The summed E-state index contributed by atoms with van der Waals surface area (Å²) in [5.41, 5.74) is 1.02. The lowest BCUT2D eigenvalue weighted by Gasteiger charge is -2.05. The third kappa shape index (κ3) is 4.29. The van der Waals surface area contributed by atoms with Gasteiger partial charge in [0.1, 0.15) is 0 Å². The fourth-order valence-electron chi connectivity index (χ4n) is 1.19. The zero-order chi connectivity index (χ0) is 12.0. The molecule has 0 unspecified atom stereocenters. The van der Waals surface area contributed by atoms with Crippen molar-refractivity contribution in [3.63, 3.8) is 0 Å². The Morgan fingerprint density at radius 1 is 1.38 bits per heavy atom. The maximum absolute atomic E-state index is 11.0. The van der Waals surface area contributed by atoms with Gasteiger partial charge in [0.25, 0.3) is 0 Å². The first kappa shape index (κ1) is 13.1. The molecule has 1 aromatic carbocycles. The molecule has 5 heteroatoms. The lowest BCUT2D eigenvalue weighted by Crippen LogP contribution is -2.26. The van der Waals surface area contributed by atoms with E-state index in [1.165, 1.54) is 0 Å². The highest BCUT2D eigenvalue weighted by Gasteiger charge is 2.01. The van der Waals surface area contributed by atoms with Gasteiger partial charge in [0, 0.05) is 6.54 Å². The van der Waals surface area contributed by atoms with Gasteiger partial charge in [0.05, 0.1) is 16.7 Å². The summed E-state index contributed by atoms with van der Waals surface area (Å²) in [6.45, 7) is 2.65. The van der Waals surface area contributed by atoms with Gasteiger partial charge in [0.2, 0.25) is 0 Å². The summed E-state index contributed by atoms with van der Waals surface area (Å²) < 4.78 is 4.73. The van der Waals surface area contributed by atoms with Crippen LogP contribution in [0.4, 0.5) is 4.79 Å². The molecule has 16 heavy (non-hydrogen) atoms. The number of alkyl carbamates (subject to hydrolysis) is 1. The molecule has 0 aliphatic rings. The number of benzene rings is 1. The van der Waals surface area contributed by atoms with Gasteiger partial charge in [0.15, 0.2) is 0 Å². The third-order valence-corrected chi connectivity index (χ3v) is 2.68. The molecule has 0 aliphatic carbocycles. The van der Waals surface area contributed by atoms with E-state index < -0.39 is 6.09 Å². The zero-order valence-corrected chi connectivity index (χ0v) is 10.4. The van der Waals surface area contributed by atoms with E-state index >= 15 is 0 Å². The Labute approximate surface area is 105 Å². The van der Waals surface area contributed by atoms with Crippen LogP contribution >= 0.6 is 23.2 Å². The summed E-state index contributed by atoms with van der Waals surface area (Å²) in [5.74, 6) is 0. The number of rotatable bonds is 4. The van der Waals surface area contributed by atoms with Gasteiger partial charge < -0.3 is 10.1 Å². The van der Waals surface area contributed by atoms with Crippen molar-refractivity contribution in [3.8, 4) is 0 Å². The Morgan fingerprint density at radius 2 is 2.12 bits per heavy atom. The predicted molar refractivity (Wildman–Crippen MR) is 65.2 cm³/mol. The van der Waals surface area contributed by atoms with Crippen LogP contribution in [-0.4, -0.2) is 19.2 Å². The van der Waals surface area contributed by atoms with Gasteiger partial charge in [-0.05, 0) is 31.0 Å². The summed E-state index contributed by atoms with van der Waals surface area (Å²) >= 11 is 11.6. The van der Waals surface area contributed by atoms with Gasteiger partial charge in [-0.1, -0.05) is 29.3 Å². The molecule has 1 N–H and O–H groups in total. The summed E-state index contributed by atoms with van der Waals surface area (Å²) in [6, 6.07) is 5.40. The monoisotopic (exact) mass is 261 g/mol. The van der Waals surface area contributed by atoms with E-state index in [4.69, 9.17) is 27.9 Å². The van der Waals surface area contributed by atoms with Crippen molar-refractivity contribution in [2.24, 2.45) is 0 Å². The first-order valence-corrected chi connectivity index (χ1v) is 5.73. The maximum atomic E-state index is 11.0. The number of carbonyl (C=O) groups excluding carboxylic acids is 1. The van der Waals surface area contributed by atoms with E-state index in [2.05, 4.69) is 5.32 Å². The number of halogens is 2. The minimum absolute atomic E-state index is 0.374. The molecule has 0 spiro atoms. The molecule has 88 valence electrons. The SMILES string of the molecule is CCOC(=O)NCCc1ccc(Cl)c(Cl)c1. The Kier molecular flexibility index (Phi) is 5.43. The Hall–Kier alpha value is -0.930. The number of carbonyl (C=O) groups is 1. The number of amides is 1. The topological polar surface area (TPSA) is 38.3 Å². The van der Waals surface area contributed by atoms with Crippen molar-refractivity contribution >= 4 is 29.3 Å². The molecule has 0 aromatic heterocycles. The van der Waals surface area contributed by atoms with Crippen LogP contribution in [0.2, 0.25) is 10.0 Å². The first-order chi connectivity index (χ1) is 7.63. The second-order valence-corrected chi connectivity index (χ2v) is 3.96.